The van der Waals surface area contributed by atoms with E-state index in [1.807, 2.05) is 0 Å². The van der Waals surface area contributed by atoms with E-state index in [1.165, 1.54) is 18.2 Å². The van der Waals surface area contributed by atoms with E-state index in [-0.39, 0.29) is 12.0 Å². The van der Waals surface area contributed by atoms with Crippen LogP contribution in [0.15, 0.2) is 36.4 Å². The van der Waals surface area contributed by atoms with Gasteiger partial charge in [0.25, 0.3) is 0 Å². The lowest BCUT2D eigenvalue weighted by Crippen LogP contribution is -2.05. The summed E-state index contributed by atoms with van der Waals surface area (Å²) in [5.41, 5.74) is 0.709. The SMILES string of the molecule is OC(Cc1c(Cl)cccc1Cl)c1cc(Cl)ccc1F. The van der Waals surface area contributed by atoms with Gasteiger partial charge in [0, 0.05) is 27.1 Å². The minimum atomic E-state index is -1.06. The van der Waals surface area contributed by atoms with E-state index in [9.17, 15) is 9.50 Å². The van der Waals surface area contributed by atoms with Crippen molar-refractivity contribution in [3.63, 3.8) is 0 Å². The number of hydrogen-bond acceptors (Lipinski definition) is 1. The Balaban J connectivity index is 2.31. The number of benzene rings is 2. The van der Waals surface area contributed by atoms with E-state index < -0.39 is 11.9 Å². The molecule has 19 heavy (non-hydrogen) atoms. The first-order chi connectivity index (χ1) is 8.99. The minimum Gasteiger partial charge on any atom is -0.388 e. The van der Waals surface area contributed by atoms with Crippen LogP contribution in [-0.2, 0) is 6.42 Å². The average Bonchev–Trinajstić information content (AvgIpc) is 2.37. The predicted octanol–water partition coefficient (Wildman–Crippen LogP) is 5.06. The zero-order valence-corrected chi connectivity index (χ0v) is 12.0. The fourth-order valence-electron chi connectivity index (χ4n) is 1.80. The number of hydrogen-bond donors (Lipinski definition) is 1. The van der Waals surface area contributed by atoms with Crippen LogP contribution in [-0.4, -0.2) is 5.11 Å². The number of aliphatic hydroxyl groups excluding tert-OH is 1. The van der Waals surface area contributed by atoms with Crippen LogP contribution in [0.1, 0.15) is 17.2 Å². The molecule has 0 spiro atoms. The smallest absolute Gasteiger partial charge is 0.129 e. The molecule has 0 aliphatic rings. The highest BCUT2D eigenvalue weighted by atomic mass is 35.5. The zero-order chi connectivity index (χ0) is 14.0. The van der Waals surface area contributed by atoms with Crippen LogP contribution >= 0.6 is 34.8 Å². The molecule has 0 amide bonds. The minimum absolute atomic E-state index is 0.121. The first-order valence-corrected chi connectivity index (χ1v) is 6.68. The third-order valence-corrected chi connectivity index (χ3v) is 3.72. The Bertz CT molecular complexity index is 581. The Morgan fingerprint density at radius 3 is 2.32 bits per heavy atom. The van der Waals surface area contributed by atoms with Crippen molar-refractivity contribution < 1.29 is 9.50 Å². The fraction of sp³-hybridized carbons (Fsp3) is 0.143. The van der Waals surface area contributed by atoms with Crippen LogP contribution in [0.3, 0.4) is 0 Å². The second kappa shape index (κ2) is 6.10. The van der Waals surface area contributed by atoms with Crippen molar-refractivity contribution in [1.82, 2.24) is 0 Å². The van der Waals surface area contributed by atoms with Crippen molar-refractivity contribution in [2.24, 2.45) is 0 Å². The molecule has 2 aromatic carbocycles. The lowest BCUT2D eigenvalue weighted by molar-refractivity contribution is 0.173. The molecule has 2 rings (SSSR count). The van der Waals surface area contributed by atoms with Crippen molar-refractivity contribution in [2.75, 3.05) is 0 Å². The van der Waals surface area contributed by atoms with Crippen molar-refractivity contribution in [2.45, 2.75) is 12.5 Å². The van der Waals surface area contributed by atoms with E-state index in [2.05, 4.69) is 0 Å². The summed E-state index contributed by atoms with van der Waals surface area (Å²) in [6.07, 6.45) is -0.938. The molecule has 1 nitrogen and oxygen atoms in total. The van der Waals surface area contributed by atoms with E-state index in [0.717, 1.165) is 0 Å². The van der Waals surface area contributed by atoms with Crippen molar-refractivity contribution in [3.05, 3.63) is 68.4 Å². The predicted molar refractivity (Wildman–Crippen MR) is 76.5 cm³/mol. The third-order valence-electron chi connectivity index (χ3n) is 2.78. The van der Waals surface area contributed by atoms with Crippen LogP contribution in [0.2, 0.25) is 15.1 Å². The molecule has 1 unspecified atom stereocenters. The highest BCUT2D eigenvalue weighted by Gasteiger charge is 2.17. The third kappa shape index (κ3) is 3.40. The zero-order valence-electron chi connectivity index (χ0n) is 9.71. The second-order valence-corrected chi connectivity index (χ2v) is 5.34. The molecule has 1 atom stereocenters. The first kappa shape index (κ1) is 14.6. The van der Waals surface area contributed by atoms with Crippen LogP contribution < -0.4 is 0 Å². The van der Waals surface area contributed by atoms with Crippen LogP contribution in [0, 0.1) is 5.82 Å². The Kier molecular flexibility index (Phi) is 4.69. The van der Waals surface area contributed by atoms with E-state index in [0.29, 0.717) is 20.6 Å². The highest BCUT2D eigenvalue weighted by molar-refractivity contribution is 6.36. The van der Waals surface area contributed by atoms with Gasteiger partial charge >= 0.3 is 0 Å². The Morgan fingerprint density at radius 1 is 1.05 bits per heavy atom. The van der Waals surface area contributed by atoms with Gasteiger partial charge in [-0.15, -0.1) is 0 Å². The Morgan fingerprint density at radius 2 is 1.68 bits per heavy atom. The quantitative estimate of drug-likeness (QED) is 0.838. The molecule has 0 aromatic heterocycles. The summed E-state index contributed by atoms with van der Waals surface area (Å²) >= 11 is 17.8. The van der Waals surface area contributed by atoms with Gasteiger partial charge in [0.15, 0.2) is 0 Å². The first-order valence-electron chi connectivity index (χ1n) is 5.55. The van der Waals surface area contributed by atoms with Gasteiger partial charge < -0.3 is 5.11 Å². The lowest BCUT2D eigenvalue weighted by Gasteiger charge is -2.14. The summed E-state index contributed by atoms with van der Waals surface area (Å²) in [7, 11) is 0. The van der Waals surface area contributed by atoms with Crippen molar-refractivity contribution in [3.8, 4) is 0 Å². The molecule has 100 valence electrons. The lowest BCUT2D eigenvalue weighted by atomic mass is 10.0. The molecule has 0 radical (unpaired) electrons. The molecule has 0 saturated heterocycles. The van der Waals surface area contributed by atoms with Gasteiger partial charge in [0.2, 0.25) is 0 Å². The van der Waals surface area contributed by atoms with Crippen molar-refractivity contribution in [1.29, 1.82) is 0 Å². The highest BCUT2D eigenvalue weighted by Crippen LogP contribution is 2.30. The molecule has 0 aliphatic carbocycles. The van der Waals surface area contributed by atoms with Gasteiger partial charge in [-0.05, 0) is 35.9 Å². The summed E-state index contributed by atoms with van der Waals surface area (Å²) in [6, 6.07) is 9.09. The molecule has 1 N–H and O–H groups in total. The van der Waals surface area contributed by atoms with Gasteiger partial charge in [-0.3, -0.25) is 0 Å². The summed E-state index contributed by atoms with van der Waals surface area (Å²) in [4.78, 5) is 0. The number of halogens is 4. The Labute approximate surface area is 125 Å². The molecule has 5 heteroatoms. The number of aliphatic hydroxyl groups is 1. The maximum Gasteiger partial charge on any atom is 0.129 e. The summed E-state index contributed by atoms with van der Waals surface area (Å²) in [5.74, 6) is -0.514. The maximum atomic E-state index is 13.6. The average molecular weight is 320 g/mol. The number of rotatable bonds is 3. The summed E-state index contributed by atoms with van der Waals surface area (Å²) < 4.78 is 13.6. The molecular formula is C14H10Cl3FO. The van der Waals surface area contributed by atoms with E-state index in [4.69, 9.17) is 34.8 Å². The molecular weight excluding hydrogens is 310 g/mol. The van der Waals surface area contributed by atoms with Gasteiger partial charge in [0.05, 0.1) is 6.10 Å². The van der Waals surface area contributed by atoms with E-state index >= 15 is 0 Å². The van der Waals surface area contributed by atoms with Crippen molar-refractivity contribution >= 4 is 34.8 Å². The fourth-order valence-corrected chi connectivity index (χ4v) is 2.53. The monoisotopic (exact) mass is 318 g/mol. The van der Waals surface area contributed by atoms with Crippen LogP contribution in [0.25, 0.3) is 0 Å². The molecule has 0 bridgehead atoms. The van der Waals surface area contributed by atoms with Gasteiger partial charge in [-0.2, -0.15) is 0 Å². The molecule has 0 heterocycles. The maximum absolute atomic E-state index is 13.6. The molecule has 0 aliphatic heterocycles. The second-order valence-electron chi connectivity index (χ2n) is 4.09. The molecule has 0 saturated carbocycles. The van der Waals surface area contributed by atoms with Gasteiger partial charge in [-0.1, -0.05) is 40.9 Å². The Hall–Kier alpha value is -0.800. The summed E-state index contributed by atoms with van der Waals surface area (Å²) in [5, 5.41) is 11.4. The molecule has 2 aromatic rings. The summed E-state index contributed by atoms with van der Waals surface area (Å²) in [6.45, 7) is 0. The topological polar surface area (TPSA) is 20.2 Å². The van der Waals surface area contributed by atoms with Crippen LogP contribution in [0.5, 0.6) is 0 Å². The molecule has 0 fully saturated rings. The normalized spacial score (nSPS) is 12.5. The van der Waals surface area contributed by atoms with Gasteiger partial charge in [-0.25, -0.2) is 4.39 Å². The van der Waals surface area contributed by atoms with Crippen LogP contribution in [0.4, 0.5) is 4.39 Å². The van der Waals surface area contributed by atoms with E-state index in [1.54, 1.807) is 18.2 Å². The van der Waals surface area contributed by atoms with Gasteiger partial charge in [0.1, 0.15) is 5.82 Å². The largest absolute Gasteiger partial charge is 0.388 e. The standard InChI is InChI=1S/C14H10Cl3FO/c15-8-4-5-13(18)10(6-8)14(19)7-9-11(16)2-1-3-12(9)17/h1-6,14,19H,7H2.